The first-order valence-corrected chi connectivity index (χ1v) is 13.9. The first-order valence-electron chi connectivity index (χ1n) is 12.4. The molecule has 1 N–H and O–H groups in total. The second-order valence-electron chi connectivity index (χ2n) is 9.16. The van der Waals surface area contributed by atoms with Crippen LogP contribution in [0, 0.1) is 15.9 Å². The molecule has 0 spiro atoms. The van der Waals surface area contributed by atoms with Crippen molar-refractivity contribution in [3.05, 3.63) is 129 Å². The highest BCUT2D eigenvalue weighted by Crippen LogP contribution is 2.37. The van der Waals surface area contributed by atoms with Crippen LogP contribution in [0.4, 0.5) is 32.4 Å². The van der Waals surface area contributed by atoms with Gasteiger partial charge >= 0.3 is 18.6 Å². The van der Waals surface area contributed by atoms with Crippen molar-refractivity contribution in [2.75, 3.05) is 0 Å². The molecule has 0 aliphatic rings. The predicted octanol–water partition coefficient (Wildman–Crippen LogP) is 7.58. The Morgan fingerprint density at radius 3 is 2.26 bits per heavy atom. The van der Waals surface area contributed by atoms with Crippen molar-refractivity contribution in [3.63, 3.8) is 0 Å². The smallest absolute Gasteiger partial charge is 0.428 e. The summed E-state index contributed by atoms with van der Waals surface area (Å²) in [4.78, 5) is 28.2. The minimum absolute atomic E-state index is 0.0789. The molecule has 0 saturated heterocycles. The molecular formula is C29H21F5IN3O5. The maximum Gasteiger partial charge on any atom is 0.461 e. The van der Waals surface area contributed by atoms with Crippen LogP contribution in [0.2, 0.25) is 0 Å². The van der Waals surface area contributed by atoms with Gasteiger partial charge in [0.2, 0.25) is 0 Å². The number of aromatic nitrogens is 1. The van der Waals surface area contributed by atoms with Gasteiger partial charge in [-0.05, 0) is 47.0 Å². The molecule has 0 aliphatic heterocycles. The first kappa shape index (κ1) is 31.6. The van der Waals surface area contributed by atoms with Gasteiger partial charge in [0.15, 0.2) is 0 Å². The fourth-order valence-electron chi connectivity index (χ4n) is 4.19. The zero-order valence-corrected chi connectivity index (χ0v) is 24.0. The van der Waals surface area contributed by atoms with Crippen LogP contribution >= 0.6 is 22.6 Å². The van der Waals surface area contributed by atoms with Gasteiger partial charge in [-0.2, -0.15) is 17.6 Å². The van der Waals surface area contributed by atoms with Gasteiger partial charge in [-0.3, -0.25) is 15.1 Å². The molecule has 14 heteroatoms. The second kappa shape index (κ2) is 13.3. The van der Waals surface area contributed by atoms with Gasteiger partial charge in [-0.1, -0.05) is 59.0 Å². The molecule has 0 bridgehead atoms. The number of non-ortho nitro benzene ring substituents is 1. The SMILES string of the molecule is O=C(N[C@@](Cc1ccccc1)(c1cc(F)cc(OC(F)(F)C(F)F)c1)c1ccc(CI)cn1)Oc1ccc([N+](=O)[O-])cc1. The van der Waals surface area contributed by atoms with Crippen LogP contribution in [0.25, 0.3) is 0 Å². The number of benzene rings is 3. The minimum atomic E-state index is -4.93. The van der Waals surface area contributed by atoms with Crippen LogP contribution < -0.4 is 14.8 Å². The van der Waals surface area contributed by atoms with E-state index in [0.29, 0.717) is 16.1 Å². The molecule has 1 aromatic heterocycles. The van der Waals surface area contributed by atoms with Crippen LogP contribution in [0.5, 0.6) is 11.5 Å². The number of hydrogen-bond acceptors (Lipinski definition) is 6. The summed E-state index contributed by atoms with van der Waals surface area (Å²) in [5, 5.41) is 13.6. The molecule has 0 fully saturated rings. The van der Waals surface area contributed by atoms with Crippen molar-refractivity contribution in [3.8, 4) is 11.5 Å². The second-order valence-corrected chi connectivity index (χ2v) is 9.92. The zero-order chi connectivity index (χ0) is 31.2. The Morgan fingerprint density at radius 2 is 1.67 bits per heavy atom. The fraction of sp³-hybridized carbons (Fsp3) is 0.172. The van der Waals surface area contributed by atoms with E-state index in [1.54, 1.807) is 42.5 Å². The molecule has 4 rings (SSSR count). The summed E-state index contributed by atoms with van der Waals surface area (Å²) in [6, 6.07) is 18.7. The summed E-state index contributed by atoms with van der Waals surface area (Å²) in [7, 11) is 0. The van der Waals surface area contributed by atoms with Crippen molar-refractivity contribution < 1.29 is 41.1 Å². The van der Waals surface area contributed by atoms with Crippen LogP contribution in [0.3, 0.4) is 0 Å². The number of rotatable bonds is 11. The third-order valence-corrected chi connectivity index (χ3v) is 7.05. The number of nitro groups is 1. The third-order valence-electron chi connectivity index (χ3n) is 6.17. The van der Waals surface area contributed by atoms with Gasteiger partial charge in [0.05, 0.1) is 10.6 Å². The molecule has 1 heterocycles. The first-order chi connectivity index (χ1) is 20.4. The van der Waals surface area contributed by atoms with E-state index in [1.165, 1.54) is 18.3 Å². The number of amides is 1. The zero-order valence-electron chi connectivity index (χ0n) is 21.9. The Labute approximate surface area is 255 Å². The molecular weight excluding hydrogens is 692 g/mol. The highest BCUT2D eigenvalue weighted by atomic mass is 127. The van der Waals surface area contributed by atoms with E-state index in [9.17, 15) is 36.9 Å². The van der Waals surface area contributed by atoms with Crippen molar-refractivity contribution in [1.29, 1.82) is 0 Å². The normalized spacial score (nSPS) is 12.8. The molecule has 8 nitrogen and oxygen atoms in total. The highest BCUT2D eigenvalue weighted by molar-refractivity contribution is 14.1. The van der Waals surface area contributed by atoms with E-state index in [2.05, 4.69) is 37.6 Å². The van der Waals surface area contributed by atoms with Gasteiger partial charge < -0.3 is 14.8 Å². The van der Waals surface area contributed by atoms with Gasteiger partial charge in [0, 0.05) is 35.2 Å². The average molecular weight is 713 g/mol. The minimum Gasteiger partial charge on any atom is -0.428 e. The lowest BCUT2D eigenvalue weighted by molar-refractivity contribution is -0.384. The number of ether oxygens (including phenoxy) is 2. The van der Waals surface area contributed by atoms with Crippen molar-refractivity contribution in [1.82, 2.24) is 10.3 Å². The van der Waals surface area contributed by atoms with Crippen molar-refractivity contribution in [2.24, 2.45) is 0 Å². The van der Waals surface area contributed by atoms with Crippen LogP contribution in [0.15, 0.2) is 91.1 Å². The summed E-state index contributed by atoms with van der Waals surface area (Å²) >= 11 is 2.11. The summed E-state index contributed by atoms with van der Waals surface area (Å²) in [5.74, 6) is -2.12. The average Bonchev–Trinajstić information content (AvgIpc) is 2.97. The Balaban J connectivity index is 1.86. The van der Waals surface area contributed by atoms with Crippen molar-refractivity contribution in [2.45, 2.75) is 28.9 Å². The van der Waals surface area contributed by atoms with E-state index in [1.807, 2.05) is 0 Å². The number of nitro benzene ring substituents is 1. The summed E-state index contributed by atoms with van der Waals surface area (Å²) in [5.41, 5.74) is -0.745. The number of nitrogens with one attached hydrogen (secondary N) is 1. The lowest BCUT2D eigenvalue weighted by Crippen LogP contribution is -2.50. The number of alkyl halides is 5. The van der Waals surface area contributed by atoms with E-state index in [-0.39, 0.29) is 29.1 Å². The van der Waals surface area contributed by atoms with Gasteiger partial charge in [0.1, 0.15) is 22.9 Å². The van der Waals surface area contributed by atoms with E-state index >= 15 is 0 Å². The maximum atomic E-state index is 15.0. The Kier molecular flexibility index (Phi) is 9.78. The Morgan fingerprint density at radius 1 is 0.977 bits per heavy atom. The van der Waals surface area contributed by atoms with Gasteiger partial charge in [0.25, 0.3) is 5.69 Å². The van der Waals surface area contributed by atoms with Crippen LogP contribution in [-0.4, -0.2) is 28.5 Å². The predicted molar refractivity (Wildman–Crippen MR) is 153 cm³/mol. The Hall–Kier alpha value is -4.34. The molecule has 0 saturated carbocycles. The standard InChI is InChI=1S/C29H21F5IN3O5/c30-21-12-20(13-24(14-21)43-29(33,34)26(31)32)28(15-18-4-2-1-3-5-18,25-11-6-19(16-35)17-36-25)37-27(39)42-23-9-7-22(8-10-23)38(40)41/h1-14,17,26H,15-16H2,(H,37,39)/t28-/m0/s1. The molecule has 0 unspecified atom stereocenters. The van der Waals surface area contributed by atoms with Crippen LogP contribution in [0.1, 0.15) is 22.4 Å². The summed E-state index contributed by atoms with van der Waals surface area (Å²) < 4.78 is 78.6. The molecule has 43 heavy (non-hydrogen) atoms. The fourth-order valence-corrected chi connectivity index (χ4v) is 4.64. The molecule has 224 valence electrons. The summed E-state index contributed by atoms with van der Waals surface area (Å²) in [6.45, 7) is 0. The number of carbonyl (C=O) groups is 1. The molecule has 0 radical (unpaired) electrons. The maximum absolute atomic E-state index is 15.0. The molecule has 0 aliphatic carbocycles. The Bertz CT molecular complexity index is 1580. The topological polar surface area (TPSA) is 104 Å². The molecule has 3 aromatic carbocycles. The number of halogens is 6. The van der Waals surface area contributed by atoms with Crippen molar-refractivity contribution >= 4 is 34.4 Å². The quantitative estimate of drug-likeness (QED) is 0.0566. The molecule has 1 amide bonds. The van der Waals surface area contributed by atoms with E-state index < -0.39 is 40.7 Å². The number of carbonyl (C=O) groups excluding carboxylic acids is 1. The molecule has 1 atom stereocenters. The number of pyridine rings is 1. The third kappa shape index (κ3) is 7.74. The highest BCUT2D eigenvalue weighted by Gasteiger charge is 2.45. The monoisotopic (exact) mass is 713 g/mol. The number of hydrogen-bond donors (Lipinski definition) is 1. The largest absolute Gasteiger partial charge is 0.461 e. The van der Waals surface area contributed by atoms with E-state index in [0.717, 1.165) is 29.8 Å². The lowest BCUT2D eigenvalue weighted by atomic mass is 9.80. The lowest BCUT2D eigenvalue weighted by Gasteiger charge is -2.35. The summed E-state index contributed by atoms with van der Waals surface area (Å²) in [6.07, 6.45) is -8.88. The molecule has 4 aromatic rings. The van der Waals surface area contributed by atoms with Gasteiger partial charge in [-0.15, -0.1) is 0 Å². The van der Waals surface area contributed by atoms with Gasteiger partial charge in [-0.25, -0.2) is 9.18 Å². The number of nitrogens with zero attached hydrogens (tertiary/aromatic N) is 2. The van der Waals surface area contributed by atoms with E-state index in [4.69, 9.17) is 4.74 Å². The van der Waals surface area contributed by atoms with Crippen LogP contribution in [-0.2, 0) is 16.4 Å².